The Kier molecular flexibility index (Phi) is 13.2. The maximum atomic E-state index is 13.5. The van der Waals surface area contributed by atoms with Crippen molar-refractivity contribution in [2.75, 3.05) is 6.54 Å². The van der Waals surface area contributed by atoms with Crippen LogP contribution in [0.2, 0.25) is 0 Å². The van der Waals surface area contributed by atoms with Crippen LogP contribution in [-0.4, -0.2) is 80.5 Å². The molecule has 0 fully saturated rings. The summed E-state index contributed by atoms with van der Waals surface area (Å²) in [6, 6.07) is 1.53. The van der Waals surface area contributed by atoms with Crippen LogP contribution in [0.1, 0.15) is 44.4 Å². The first-order valence-electron chi connectivity index (χ1n) is 13.6. The second-order valence-electron chi connectivity index (χ2n) is 10.0. The van der Waals surface area contributed by atoms with Gasteiger partial charge >= 0.3 is 5.97 Å². The van der Waals surface area contributed by atoms with Crippen molar-refractivity contribution in [1.29, 1.82) is 0 Å². The molecular formula is C27H41N9O6. The average Bonchev–Trinajstić information content (AvgIpc) is 3.46. The number of aromatic hydroxyl groups is 1. The molecule has 15 heteroatoms. The molecule has 5 atom stereocenters. The van der Waals surface area contributed by atoms with E-state index in [1.807, 2.05) is 0 Å². The number of hydrogen-bond donors (Lipinski definition) is 9. The summed E-state index contributed by atoms with van der Waals surface area (Å²) in [5.41, 5.74) is 17.8. The van der Waals surface area contributed by atoms with E-state index in [2.05, 4.69) is 30.9 Å². The van der Waals surface area contributed by atoms with E-state index < -0.39 is 47.9 Å². The molecule has 2 rings (SSSR count). The molecule has 3 amide bonds. The second-order valence-corrected chi connectivity index (χ2v) is 10.0. The molecule has 0 aliphatic rings. The smallest absolute Gasteiger partial charge is 0.326 e. The van der Waals surface area contributed by atoms with Crippen LogP contribution >= 0.6 is 0 Å². The van der Waals surface area contributed by atoms with Crippen LogP contribution in [0.15, 0.2) is 41.8 Å². The van der Waals surface area contributed by atoms with Gasteiger partial charge in [0, 0.05) is 31.3 Å². The summed E-state index contributed by atoms with van der Waals surface area (Å²) in [4.78, 5) is 62.3. The number of carboxylic acid groups (broad SMARTS) is 1. The quantitative estimate of drug-likeness (QED) is 0.0610. The third-order valence-corrected chi connectivity index (χ3v) is 6.70. The number of nitrogens with two attached hydrogens (primary N) is 3. The number of amides is 3. The highest BCUT2D eigenvalue weighted by molar-refractivity contribution is 5.94. The van der Waals surface area contributed by atoms with Gasteiger partial charge in [-0.15, -0.1) is 0 Å². The van der Waals surface area contributed by atoms with E-state index in [-0.39, 0.29) is 43.4 Å². The minimum atomic E-state index is -1.21. The standard InChI is InChI=1S/C27H41N9O6/c1-3-15(2)22(26(41)42)36-25(40)20(11-16-6-8-18(37)9-7-16)35-24(39)21(12-17-13-31-14-33-17)34-23(38)19(28)5-4-10-32-27(29)30/h6-9,13-15,19-22,37H,3-5,10-12,28H2,1-2H3,(H,31,33)(H,34,38)(H,35,39)(H,36,40)(H,41,42)(H4,29,30,32). The molecule has 0 bridgehead atoms. The van der Waals surface area contributed by atoms with Gasteiger partial charge in [0.15, 0.2) is 5.96 Å². The van der Waals surface area contributed by atoms with E-state index in [0.29, 0.717) is 24.1 Å². The molecule has 0 saturated carbocycles. The molecule has 2 aromatic rings. The summed E-state index contributed by atoms with van der Waals surface area (Å²) in [6.07, 6.45) is 4.08. The molecule has 0 spiro atoms. The summed E-state index contributed by atoms with van der Waals surface area (Å²) in [5, 5.41) is 27.1. The number of imidazole rings is 1. The average molecular weight is 588 g/mol. The Balaban J connectivity index is 2.25. The third-order valence-electron chi connectivity index (χ3n) is 6.70. The lowest BCUT2D eigenvalue weighted by atomic mass is 9.98. The van der Waals surface area contributed by atoms with E-state index in [4.69, 9.17) is 17.2 Å². The number of phenols is 1. The summed E-state index contributed by atoms with van der Waals surface area (Å²) < 4.78 is 0. The minimum absolute atomic E-state index is 0.0104. The Morgan fingerprint density at radius 1 is 1.00 bits per heavy atom. The van der Waals surface area contributed by atoms with Crippen molar-refractivity contribution >= 4 is 29.7 Å². The first kappa shape index (κ1) is 33.5. The van der Waals surface area contributed by atoms with Crippen LogP contribution in [-0.2, 0) is 32.0 Å². The van der Waals surface area contributed by atoms with E-state index in [9.17, 15) is 29.4 Å². The molecule has 42 heavy (non-hydrogen) atoms. The Morgan fingerprint density at radius 2 is 1.62 bits per heavy atom. The van der Waals surface area contributed by atoms with Crippen LogP contribution in [0.4, 0.5) is 0 Å². The number of aromatic amines is 1. The van der Waals surface area contributed by atoms with Crippen molar-refractivity contribution in [3.63, 3.8) is 0 Å². The first-order valence-corrected chi connectivity index (χ1v) is 13.6. The van der Waals surface area contributed by atoms with Crippen LogP contribution in [0.5, 0.6) is 5.75 Å². The maximum Gasteiger partial charge on any atom is 0.326 e. The maximum absolute atomic E-state index is 13.5. The van der Waals surface area contributed by atoms with E-state index in [1.54, 1.807) is 26.0 Å². The highest BCUT2D eigenvalue weighted by Gasteiger charge is 2.32. The molecular weight excluding hydrogens is 546 g/mol. The number of rotatable bonds is 17. The normalized spacial score (nSPS) is 14.5. The zero-order valence-electron chi connectivity index (χ0n) is 23.7. The van der Waals surface area contributed by atoms with Gasteiger partial charge in [-0.1, -0.05) is 32.4 Å². The molecule has 0 aliphatic carbocycles. The highest BCUT2D eigenvalue weighted by atomic mass is 16.4. The van der Waals surface area contributed by atoms with Gasteiger partial charge in [0.05, 0.1) is 12.4 Å². The number of benzene rings is 1. The second kappa shape index (κ2) is 16.6. The summed E-state index contributed by atoms with van der Waals surface area (Å²) >= 11 is 0. The summed E-state index contributed by atoms with van der Waals surface area (Å²) in [6.45, 7) is 3.78. The number of H-pyrrole nitrogens is 1. The van der Waals surface area contributed by atoms with Gasteiger partial charge in [-0.05, 0) is 36.5 Å². The molecule has 1 aromatic heterocycles. The van der Waals surface area contributed by atoms with Gasteiger partial charge in [0.1, 0.15) is 23.9 Å². The number of aliphatic imine (C=N–C) groups is 1. The van der Waals surface area contributed by atoms with E-state index in [1.165, 1.54) is 24.7 Å². The fraction of sp³-hybridized carbons (Fsp3) is 0.481. The van der Waals surface area contributed by atoms with Crippen molar-refractivity contribution in [2.24, 2.45) is 28.1 Å². The molecule has 0 saturated heterocycles. The molecule has 1 aromatic carbocycles. The summed E-state index contributed by atoms with van der Waals surface area (Å²) in [5.74, 6) is -3.64. The highest BCUT2D eigenvalue weighted by Crippen LogP contribution is 2.13. The van der Waals surface area contributed by atoms with Gasteiger partial charge in [0.2, 0.25) is 17.7 Å². The first-order chi connectivity index (χ1) is 19.9. The van der Waals surface area contributed by atoms with E-state index in [0.717, 1.165) is 0 Å². The predicted octanol–water partition coefficient (Wildman–Crippen LogP) is -1.13. The predicted molar refractivity (Wildman–Crippen MR) is 155 cm³/mol. The van der Waals surface area contributed by atoms with Gasteiger partial charge < -0.3 is 48.3 Å². The molecule has 0 aliphatic heterocycles. The van der Waals surface area contributed by atoms with Gasteiger partial charge in [-0.2, -0.15) is 0 Å². The van der Waals surface area contributed by atoms with Gasteiger partial charge in [-0.25, -0.2) is 9.78 Å². The molecule has 1 heterocycles. The fourth-order valence-corrected chi connectivity index (χ4v) is 4.04. The number of nitrogens with one attached hydrogen (secondary N) is 4. The Bertz CT molecular complexity index is 1200. The zero-order chi connectivity index (χ0) is 31.2. The number of phenolic OH excluding ortho intramolecular Hbond substituents is 1. The molecule has 15 nitrogen and oxygen atoms in total. The summed E-state index contributed by atoms with van der Waals surface area (Å²) in [7, 11) is 0. The van der Waals surface area contributed by atoms with Crippen LogP contribution in [0.3, 0.4) is 0 Å². The van der Waals surface area contributed by atoms with Crippen LogP contribution in [0, 0.1) is 5.92 Å². The Morgan fingerprint density at radius 3 is 2.19 bits per heavy atom. The monoisotopic (exact) mass is 587 g/mol. The number of guanidine groups is 1. The minimum Gasteiger partial charge on any atom is -0.508 e. The fourth-order valence-electron chi connectivity index (χ4n) is 4.04. The van der Waals surface area contributed by atoms with Crippen molar-refractivity contribution < 1.29 is 29.4 Å². The van der Waals surface area contributed by atoms with Crippen LogP contribution in [0.25, 0.3) is 0 Å². The van der Waals surface area contributed by atoms with Gasteiger partial charge in [-0.3, -0.25) is 19.4 Å². The third kappa shape index (κ3) is 11.1. The van der Waals surface area contributed by atoms with Crippen LogP contribution < -0.4 is 33.2 Å². The molecule has 0 radical (unpaired) electrons. The van der Waals surface area contributed by atoms with Crippen molar-refractivity contribution in [3.05, 3.63) is 48.0 Å². The lowest BCUT2D eigenvalue weighted by Gasteiger charge is -2.26. The van der Waals surface area contributed by atoms with Crippen molar-refractivity contribution in [1.82, 2.24) is 25.9 Å². The van der Waals surface area contributed by atoms with E-state index >= 15 is 0 Å². The zero-order valence-corrected chi connectivity index (χ0v) is 23.7. The van der Waals surface area contributed by atoms with Crippen molar-refractivity contribution in [3.8, 4) is 5.75 Å². The lowest BCUT2D eigenvalue weighted by Crippen LogP contribution is -2.58. The number of aromatic nitrogens is 2. The number of carboxylic acids is 1. The largest absolute Gasteiger partial charge is 0.508 e. The van der Waals surface area contributed by atoms with Gasteiger partial charge in [0.25, 0.3) is 0 Å². The SMILES string of the molecule is CCC(C)C(NC(=O)C(Cc1ccc(O)cc1)NC(=O)C(Cc1cnc[nH]1)NC(=O)C(N)CCCN=C(N)N)C(=O)O. The molecule has 12 N–H and O–H groups in total. The topological polar surface area (TPSA) is 264 Å². The Hall–Kier alpha value is -4.66. The number of carbonyl (C=O) groups excluding carboxylic acids is 3. The number of hydrogen-bond acceptors (Lipinski definition) is 8. The van der Waals surface area contributed by atoms with Crippen molar-refractivity contribution in [2.45, 2.75) is 70.1 Å². The number of nitrogens with zero attached hydrogens (tertiary/aromatic N) is 2. The lowest BCUT2D eigenvalue weighted by molar-refractivity contribution is -0.143. The number of aliphatic carboxylic acids is 1. The molecule has 5 unspecified atom stereocenters. The Labute approximate surface area is 243 Å². The molecule has 230 valence electrons. The number of carbonyl (C=O) groups is 4.